The van der Waals surface area contributed by atoms with E-state index in [4.69, 9.17) is 4.74 Å². The molecule has 1 aromatic carbocycles. The molecule has 124 valence electrons. The van der Waals surface area contributed by atoms with E-state index in [0.717, 1.165) is 0 Å². The van der Waals surface area contributed by atoms with Crippen molar-refractivity contribution in [3.63, 3.8) is 0 Å². The molecule has 1 aliphatic heterocycles. The van der Waals surface area contributed by atoms with Crippen molar-refractivity contribution in [2.45, 2.75) is 29.3 Å². The first-order chi connectivity index (χ1) is 10.1. The Balaban J connectivity index is 1.87. The van der Waals surface area contributed by atoms with Gasteiger partial charge in [-0.15, -0.1) is 0 Å². The van der Waals surface area contributed by atoms with Gasteiger partial charge in [0.05, 0.1) is 6.26 Å². The largest absolute Gasteiger partial charge is 0.490 e. The van der Waals surface area contributed by atoms with Crippen LogP contribution in [-0.4, -0.2) is 43.7 Å². The minimum absolute atomic E-state index is 0.103. The molecule has 1 fully saturated rings. The maximum Gasteiger partial charge on any atom is 0.446 e. The average Bonchev–Trinajstić information content (AvgIpc) is 2.39. The molecule has 0 spiro atoms. The smallest absolute Gasteiger partial charge is 0.446 e. The van der Waals surface area contributed by atoms with Crippen molar-refractivity contribution in [1.29, 1.82) is 0 Å². The van der Waals surface area contributed by atoms with Crippen LogP contribution in [-0.2, 0) is 10.0 Å². The highest BCUT2D eigenvalue weighted by Crippen LogP contribution is 2.37. The fourth-order valence-electron chi connectivity index (χ4n) is 2.19. The molecule has 0 aromatic heterocycles. The molecule has 1 heterocycles. The molecule has 1 saturated heterocycles. The number of benzene rings is 1. The molecule has 9 heteroatoms. The second-order valence-corrected chi connectivity index (χ2v) is 8.12. The second-order valence-electron chi connectivity index (χ2n) is 5.00. The number of ether oxygens (including phenoxy) is 1. The molecule has 0 amide bonds. The summed E-state index contributed by atoms with van der Waals surface area (Å²) in [5.74, 6) is 0.490. The minimum atomic E-state index is -4.30. The van der Waals surface area contributed by atoms with Crippen molar-refractivity contribution < 1.29 is 26.3 Å². The van der Waals surface area contributed by atoms with Gasteiger partial charge in [-0.1, -0.05) is 0 Å². The van der Waals surface area contributed by atoms with E-state index in [1.54, 1.807) is 0 Å². The third kappa shape index (κ3) is 5.36. The van der Waals surface area contributed by atoms with Crippen LogP contribution in [0.2, 0.25) is 0 Å². The van der Waals surface area contributed by atoms with Crippen molar-refractivity contribution >= 4 is 21.8 Å². The zero-order valence-corrected chi connectivity index (χ0v) is 13.5. The van der Waals surface area contributed by atoms with Crippen LogP contribution in [0.1, 0.15) is 12.8 Å². The Kier molecular flexibility index (Phi) is 5.29. The molecule has 22 heavy (non-hydrogen) atoms. The van der Waals surface area contributed by atoms with Gasteiger partial charge in [-0.25, -0.2) is 12.7 Å². The van der Waals surface area contributed by atoms with Crippen LogP contribution in [0, 0.1) is 0 Å². The number of sulfonamides is 1. The van der Waals surface area contributed by atoms with E-state index in [-0.39, 0.29) is 22.8 Å². The molecule has 0 unspecified atom stereocenters. The fourth-order valence-corrected chi connectivity index (χ4v) is 3.61. The summed E-state index contributed by atoms with van der Waals surface area (Å²) in [7, 11) is -3.18. The molecule has 0 aliphatic carbocycles. The number of halogens is 3. The Morgan fingerprint density at radius 1 is 1.18 bits per heavy atom. The molecule has 0 atom stereocenters. The summed E-state index contributed by atoms with van der Waals surface area (Å²) in [6.07, 6.45) is 2.17. The Morgan fingerprint density at radius 2 is 1.73 bits per heavy atom. The van der Waals surface area contributed by atoms with Gasteiger partial charge in [0.1, 0.15) is 11.9 Å². The highest BCUT2D eigenvalue weighted by atomic mass is 32.2. The lowest BCUT2D eigenvalue weighted by Gasteiger charge is -2.30. The van der Waals surface area contributed by atoms with E-state index in [9.17, 15) is 21.6 Å². The van der Waals surface area contributed by atoms with E-state index >= 15 is 0 Å². The minimum Gasteiger partial charge on any atom is -0.490 e. The van der Waals surface area contributed by atoms with Crippen LogP contribution in [0.5, 0.6) is 5.75 Å². The van der Waals surface area contributed by atoms with E-state index < -0.39 is 15.5 Å². The van der Waals surface area contributed by atoms with Crippen LogP contribution in [0.15, 0.2) is 29.2 Å². The van der Waals surface area contributed by atoms with Gasteiger partial charge < -0.3 is 4.74 Å². The lowest BCUT2D eigenvalue weighted by Crippen LogP contribution is -2.41. The van der Waals surface area contributed by atoms with Gasteiger partial charge in [0, 0.05) is 18.0 Å². The Hall–Kier alpha value is -0.930. The average molecular weight is 355 g/mol. The number of hydrogen-bond donors (Lipinski definition) is 0. The van der Waals surface area contributed by atoms with Gasteiger partial charge >= 0.3 is 5.51 Å². The Bertz CT molecular complexity index is 594. The zero-order chi connectivity index (χ0) is 16.4. The molecule has 0 saturated carbocycles. The zero-order valence-electron chi connectivity index (χ0n) is 11.8. The van der Waals surface area contributed by atoms with Crippen LogP contribution < -0.4 is 4.74 Å². The summed E-state index contributed by atoms with van der Waals surface area (Å²) in [5.41, 5.74) is -4.30. The molecule has 0 bridgehead atoms. The normalized spacial score (nSPS) is 18.4. The van der Waals surface area contributed by atoms with E-state index in [1.165, 1.54) is 34.8 Å². The number of thioether (sulfide) groups is 1. The van der Waals surface area contributed by atoms with Crippen LogP contribution >= 0.6 is 11.8 Å². The highest BCUT2D eigenvalue weighted by molar-refractivity contribution is 8.00. The van der Waals surface area contributed by atoms with Crippen molar-refractivity contribution in [1.82, 2.24) is 4.31 Å². The van der Waals surface area contributed by atoms with Gasteiger partial charge in [0.15, 0.2) is 0 Å². The standard InChI is InChI=1S/C13H16F3NO3S2/c1-22(18,19)17-8-6-11(7-9-17)20-10-2-4-12(5-3-10)21-13(14,15)16/h2-5,11H,6-9H2,1H3. The summed E-state index contributed by atoms with van der Waals surface area (Å²) < 4.78 is 66.6. The van der Waals surface area contributed by atoms with Gasteiger partial charge in [0.2, 0.25) is 10.0 Å². The first-order valence-electron chi connectivity index (χ1n) is 6.61. The molecule has 0 N–H and O–H groups in total. The number of hydrogen-bond acceptors (Lipinski definition) is 4. The van der Waals surface area contributed by atoms with Crippen LogP contribution in [0.4, 0.5) is 13.2 Å². The maximum atomic E-state index is 12.2. The van der Waals surface area contributed by atoms with Gasteiger partial charge in [-0.3, -0.25) is 0 Å². The lowest BCUT2D eigenvalue weighted by molar-refractivity contribution is -0.0328. The molecule has 4 nitrogen and oxygen atoms in total. The number of alkyl halides is 3. The van der Waals surface area contributed by atoms with Crippen LogP contribution in [0.3, 0.4) is 0 Å². The lowest BCUT2D eigenvalue weighted by atomic mass is 10.1. The van der Waals surface area contributed by atoms with Crippen molar-refractivity contribution in [2.75, 3.05) is 19.3 Å². The Morgan fingerprint density at radius 3 is 2.18 bits per heavy atom. The summed E-state index contributed by atoms with van der Waals surface area (Å²) >= 11 is -0.170. The monoisotopic (exact) mass is 355 g/mol. The van der Waals surface area contributed by atoms with Crippen molar-refractivity contribution in [3.05, 3.63) is 24.3 Å². The van der Waals surface area contributed by atoms with Gasteiger partial charge in [-0.2, -0.15) is 13.2 Å². The summed E-state index contributed by atoms with van der Waals surface area (Å²) in [5, 5.41) is 0. The van der Waals surface area contributed by atoms with Crippen molar-refractivity contribution in [2.24, 2.45) is 0 Å². The molecular formula is C13H16F3NO3S2. The topological polar surface area (TPSA) is 46.6 Å². The second kappa shape index (κ2) is 6.67. The fraction of sp³-hybridized carbons (Fsp3) is 0.538. The van der Waals surface area contributed by atoms with Crippen LogP contribution in [0.25, 0.3) is 0 Å². The van der Waals surface area contributed by atoms with E-state index in [2.05, 4.69) is 0 Å². The first-order valence-corrected chi connectivity index (χ1v) is 9.27. The number of rotatable bonds is 4. The van der Waals surface area contributed by atoms with Crippen molar-refractivity contribution in [3.8, 4) is 5.75 Å². The predicted molar refractivity (Wildman–Crippen MR) is 78.4 cm³/mol. The third-order valence-corrected chi connectivity index (χ3v) is 5.27. The summed E-state index contributed by atoms with van der Waals surface area (Å²) in [4.78, 5) is 0.103. The molecule has 0 radical (unpaired) electrons. The molecule has 2 rings (SSSR count). The first kappa shape index (κ1) is 17.4. The van der Waals surface area contributed by atoms with E-state index in [1.807, 2.05) is 0 Å². The number of nitrogens with zero attached hydrogens (tertiary/aromatic N) is 1. The highest BCUT2D eigenvalue weighted by Gasteiger charge is 2.29. The van der Waals surface area contributed by atoms with Gasteiger partial charge in [0.25, 0.3) is 0 Å². The molecule has 1 aromatic rings. The predicted octanol–water partition coefficient (Wildman–Crippen LogP) is 3.10. The van der Waals surface area contributed by atoms with E-state index in [0.29, 0.717) is 31.7 Å². The summed E-state index contributed by atoms with van der Waals surface area (Å²) in [6, 6.07) is 5.71. The Labute approximate surface area is 131 Å². The molecule has 1 aliphatic rings. The summed E-state index contributed by atoms with van der Waals surface area (Å²) in [6.45, 7) is 0.789. The third-order valence-electron chi connectivity index (χ3n) is 3.23. The number of piperidine rings is 1. The SMILES string of the molecule is CS(=O)(=O)N1CCC(Oc2ccc(SC(F)(F)F)cc2)CC1. The quantitative estimate of drug-likeness (QED) is 0.779. The van der Waals surface area contributed by atoms with Gasteiger partial charge in [-0.05, 0) is 48.9 Å². The molecular weight excluding hydrogens is 339 g/mol. The maximum absolute atomic E-state index is 12.2.